The molecule has 0 fully saturated rings. The zero-order chi connectivity index (χ0) is 23.6. The zero-order valence-electron chi connectivity index (χ0n) is 18.3. The van der Waals surface area contributed by atoms with Crippen LogP contribution < -0.4 is 20.2 Å². The second-order valence-electron chi connectivity index (χ2n) is 7.24. The van der Waals surface area contributed by atoms with E-state index in [1.165, 1.54) is 6.21 Å². The number of halogens is 1. The van der Waals surface area contributed by atoms with Crippen LogP contribution in [0.3, 0.4) is 0 Å². The summed E-state index contributed by atoms with van der Waals surface area (Å²) in [5.41, 5.74) is 6.11. The Hall–Kier alpha value is -3.65. The fourth-order valence-corrected chi connectivity index (χ4v) is 3.00. The lowest BCUT2D eigenvalue weighted by molar-refractivity contribution is -0.123. The Morgan fingerprint density at radius 2 is 1.61 bits per heavy atom. The van der Waals surface area contributed by atoms with Gasteiger partial charge in [-0.3, -0.25) is 9.59 Å². The summed E-state index contributed by atoms with van der Waals surface area (Å²) in [6.45, 7) is 3.73. The van der Waals surface area contributed by atoms with Gasteiger partial charge in [0.05, 0.1) is 6.21 Å². The molecule has 0 unspecified atom stereocenters. The third kappa shape index (κ3) is 8.08. The van der Waals surface area contributed by atoms with Gasteiger partial charge in [-0.1, -0.05) is 34.1 Å². The maximum absolute atomic E-state index is 12.2. The molecule has 0 spiro atoms. The topological polar surface area (TPSA) is 89.0 Å². The molecule has 3 aromatic carbocycles. The molecule has 0 radical (unpaired) electrons. The highest BCUT2D eigenvalue weighted by Gasteiger charge is 2.06. The Bertz CT molecular complexity index is 1150. The molecule has 170 valence electrons. The first-order valence-corrected chi connectivity index (χ1v) is 11.0. The Labute approximate surface area is 200 Å². The largest absolute Gasteiger partial charge is 0.484 e. The summed E-state index contributed by atoms with van der Waals surface area (Å²) < 4.78 is 11.9. The van der Waals surface area contributed by atoms with Crippen LogP contribution in [0.1, 0.15) is 16.7 Å². The second kappa shape index (κ2) is 11.8. The van der Waals surface area contributed by atoms with Gasteiger partial charge in [-0.05, 0) is 79.1 Å². The maximum atomic E-state index is 12.2. The molecule has 0 saturated carbocycles. The van der Waals surface area contributed by atoms with Crippen molar-refractivity contribution >= 4 is 39.6 Å². The first kappa shape index (κ1) is 24.0. The van der Waals surface area contributed by atoms with E-state index in [1.54, 1.807) is 36.4 Å². The van der Waals surface area contributed by atoms with Crippen molar-refractivity contribution < 1.29 is 19.1 Å². The molecule has 0 aliphatic heterocycles. The van der Waals surface area contributed by atoms with E-state index in [1.807, 2.05) is 44.2 Å². The number of benzene rings is 3. The van der Waals surface area contributed by atoms with Gasteiger partial charge in [-0.2, -0.15) is 5.10 Å². The Morgan fingerprint density at radius 3 is 2.36 bits per heavy atom. The predicted octanol–water partition coefficient (Wildman–Crippen LogP) is 4.61. The van der Waals surface area contributed by atoms with Crippen molar-refractivity contribution in [1.82, 2.24) is 5.43 Å². The van der Waals surface area contributed by atoms with Crippen LogP contribution >= 0.6 is 15.9 Å². The van der Waals surface area contributed by atoms with E-state index < -0.39 is 0 Å². The number of carbonyl (C=O) groups excluding carboxylic acids is 2. The average molecular weight is 510 g/mol. The minimum absolute atomic E-state index is 0.127. The smallest absolute Gasteiger partial charge is 0.277 e. The predicted molar refractivity (Wildman–Crippen MR) is 132 cm³/mol. The SMILES string of the molecule is Cc1ccc(NC(=O)COc2cccc(/C=N\NC(=O)COc3ccc(Br)cc3)c2)cc1C. The van der Waals surface area contributed by atoms with Gasteiger partial charge < -0.3 is 14.8 Å². The normalized spacial score (nSPS) is 10.6. The zero-order valence-corrected chi connectivity index (χ0v) is 19.9. The number of hydrogen-bond donors (Lipinski definition) is 2. The number of nitrogens with zero attached hydrogens (tertiary/aromatic N) is 1. The number of ether oxygens (including phenoxy) is 2. The molecule has 2 amide bonds. The van der Waals surface area contributed by atoms with Crippen LogP contribution in [-0.2, 0) is 9.59 Å². The van der Waals surface area contributed by atoms with Crippen LogP contribution in [0.5, 0.6) is 11.5 Å². The molecule has 2 N–H and O–H groups in total. The Morgan fingerprint density at radius 1 is 0.879 bits per heavy atom. The fourth-order valence-electron chi connectivity index (χ4n) is 2.74. The van der Waals surface area contributed by atoms with E-state index in [9.17, 15) is 9.59 Å². The number of aryl methyl sites for hydroxylation is 2. The van der Waals surface area contributed by atoms with Gasteiger partial charge in [0, 0.05) is 10.2 Å². The van der Waals surface area contributed by atoms with Gasteiger partial charge in [0.1, 0.15) is 11.5 Å². The van der Waals surface area contributed by atoms with Crippen LogP contribution in [0.25, 0.3) is 0 Å². The van der Waals surface area contributed by atoms with Crippen LogP contribution in [0, 0.1) is 13.8 Å². The third-order valence-electron chi connectivity index (χ3n) is 4.61. The summed E-state index contributed by atoms with van der Waals surface area (Å²) >= 11 is 3.34. The number of rotatable bonds is 9. The molecule has 7 nitrogen and oxygen atoms in total. The molecule has 0 heterocycles. The molecule has 0 aliphatic carbocycles. The summed E-state index contributed by atoms with van der Waals surface area (Å²) in [6, 6.07) is 19.9. The third-order valence-corrected chi connectivity index (χ3v) is 5.13. The summed E-state index contributed by atoms with van der Waals surface area (Å²) in [6.07, 6.45) is 1.49. The molecule has 0 bridgehead atoms. The lowest BCUT2D eigenvalue weighted by atomic mass is 10.1. The molecule has 8 heteroatoms. The van der Waals surface area contributed by atoms with Crippen molar-refractivity contribution in [3.8, 4) is 11.5 Å². The highest BCUT2D eigenvalue weighted by atomic mass is 79.9. The van der Waals surface area contributed by atoms with Gasteiger partial charge >= 0.3 is 0 Å². The van der Waals surface area contributed by atoms with Crippen molar-refractivity contribution in [1.29, 1.82) is 0 Å². The number of hydrazone groups is 1. The number of amides is 2. The Kier molecular flexibility index (Phi) is 8.60. The van der Waals surface area contributed by atoms with Gasteiger partial charge in [0.2, 0.25) is 0 Å². The summed E-state index contributed by atoms with van der Waals surface area (Å²) in [5, 5.41) is 6.74. The first-order valence-electron chi connectivity index (χ1n) is 10.2. The van der Waals surface area contributed by atoms with E-state index in [0.717, 1.165) is 21.3 Å². The van der Waals surface area contributed by atoms with Crippen molar-refractivity contribution in [3.05, 3.63) is 87.9 Å². The highest BCUT2D eigenvalue weighted by Crippen LogP contribution is 2.16. The van der Waals surface area contributed by atoms with E-state index in [0.29, 0.717) is 17.1 Å². The van der Waals surface area contributed by atoms with E-state index in [2.05, 4.69) is 31.8 Å². The van der Waals surface area contributed by atoms with Crippen molar-refractivity contribution in [3.63, 3.8) is 0 Å². The van der Waals surface area contributed by atoms with E-state index in [-0.39, 0.29) is 25.0 Å². The summed E-state index contributed by atoms with van der Waals surface area (Å²) in [7, 11) is 0. The maximum Gasteiger partial charge on any atom is 0.277 e. The first-order chi connectivity index (χ1) is 15.9. The van der Waals surface area contributed by atoms with Crippen molar-refractivity contribution in [2.75, 3.05) is 18.5 Å². The average Bonchev–Trinajstić information content (AvgIpc) is 2.80. The molecule has 0 aliphatic rings. The molecule has 0 aromatic heterocycles. The lowest BCUT2D eigenvalue weighted by Gasteiger charge is -2.09. The number of anilines is 1. The Balaban J connectivity index is 1.44. The van der Waals surface area contributed by atoms with Gasteiger partial charge in [-0.25, -0.2) is 5.43 Å². The van der Waals surface area contributed by atoms with Gasteiger partial charge in [0.15, 0.2) is 13.2 Å². The number of hydrogen-bond acceptors (Lipinski definition) is 5. The number of carbonyl (C=O) groups is 2. The quantitative estimate of drug-likeness (QED) is 0.325. The van der Waals surface area contributed by atoms with Crippen molar-refractivity contribution in [2.24, 2.45) is 5.10 Å². The summed E-state index contributed by atoms with van der Waals surface area (Å²) in [5.74, 6) is 0.461. The van der Waals surface area contributed by atoms with Gasteiger partial charge in [-0.15, -0.1) is 0 Å². The van der Waals surface area contributed by atoms with Crippen LogP contribution in [0.15, 0.2) is 76.3 Å². The molecular formula is C25H24BrN3O4. The number of nitrogens with one attached hydrogen (secondary N) is 2. The standard InChI is InChI=1S/C25H24BrN3O4/c1-17-6-9-21(12-18(17)2)28-24(30)15-33-23-5-3-4-19(13-23)14-27-29-25(31)16-32-22-10-7-20(26)8-11-22/h3-14H,15-16H2,1-2H3,(H,28,30)(H,29,31)/b27-14-. The van der Waals surface area contributed by atoms with E-state index >= 15 is 0 Å². The van der Waals surface area contributed by atoms with Crippen LogP contribution in [-0.4, -0.2) is 31.2 Å². The fraction of sp³-hybridized carbons (Fsp3) is 0.160. The van der Waals surface area contributed by atoms with E-state index in [4.69, 9.17) is 9.47 Å². The molecule has 33 heavy (non-hydrogen) atoms. The molecule has 3 aromatic rings. The highest BCUT2D eigenvalue weighted by molar-refractivity contribution is 9.10. The monoisotopic (exact) mass is 509 g/mol. The molecule has 0 atom stereocenters. The van der Waals surface area contributed by atoms with Gasteiger partial charge in [0.25, 0.3) is 11.8 Å². The summed E-state index contributed by atoms with van der Waals surface area (Å²) in [4.78, 5) is 24.0. The molecular weight excluding hydrogens is 486 g/mol. The second-order valence-corrected chi connectivity index (χ2v) is 8.16. The molecule has 3 rings (SSSR count). The van der Waals surface area contributed by atoms with Crippen LogP contribution in [0.2, 0.25) is 0 Å². The van der Waals surface area contributed by atoms with Crippen LogP contribution in [0.4, 0.5) is 5.69 Å². The minimum Gasteiger partial charge on any atom is -0.484 e. The molecule has 0 saturated heterocycles. The lowest BCUT2D eigenvalue weighted by Crippen LogP contribution is -2.24. The minimum atomic E-state index is -0.385. The van der Waals surface area contributed by atoms with Crippen molar-refractivity contribution in [2.45, 2.75) is 13.8 Å².